The molecule has 0 atom stereocenters. The monoisotopic (exact) mass is 487 g/mol. The second kappa shape index (κ2) is 9.09. The van der Waals surface area contributed by atoms with E-state index >= 15 is 0 Å². The Hall–Kier alpha value is -4.01. The summed E-state index contributed by atoms with van der Waals surface area (Å²) < 4.78 is 29.2. The van der Waals surface area contributed by atoms with Gasteiger partial charge in [-0.2, -0.15) is 5.21 Å². The molecule has 0 bridgehead atoms. The van der Waals surface area contributed by atoms with E-state index in [1.165, 1.54) is 0 Å². The van der Waals surface area contributed by atoms with E-state index in [1.54, 1.807) is 48.5 Å². The van der Waals surface area contributed by atoms with Crippen molar-refractivity contribution in [1.29, 1.82) is 0 Å². The van der Waals surface area contributed by atoms with E-state index in [2.05, 4.69) is 25.3 Å². The number of hydrogen-bond donors (Lipinski definition) is 2. The Bertz CT molecular complexity index is 1520. The normalized spacial score (nSPS) is 11.3. The van der Waals surface area contributed by atoms with Gasteiger partial charge in [0.25, 0.3) is 10.0 Å². The third kappa shape index (κ3) is 4.54. The SMILES string of the molecule is O=S(=O)(Nc1cc(-c2ccc(Cl)cc2)ccc1-c1nn[nH]n1)c1ccc(-c2ccccc2)cc1. The van der Waals surface area contributed by atoms with Crippen molar-refractivity contribution in [2.75, 3.05) is 4.72 Å². The van der Waals surface area contributed by atoms with Crippen LogP contribution in [0.3, 0.4) is 0 Å². The van der Waals surface area contributed by atoms with Crippen molar-refractivity contribution >= 4 is 27.3 Å². The first-order valence-corrected chi connectivity index (χ1v) is 12.2. The molecule has 5 aromatic rings. The summed E-state index contributed by atoms with van der Waals surface area (Å²) >= 11 is 6.01. The van der Waals surface area contributed by atoms with Crippen LogP contribution in [0.5, 0.6) is 0 Å². The molecule has 34 heavy (non-hydrogen) atoms. The van der Waals surface area contributed by atoms with Crippen LogP contribution >= 0.6 is 11.6 Å². The van der Waals surface area contributed by atoms with E-state index in [-0.39, 0.29) is 10.7 Å². The van der Waals surface area contributed by atoms with Crippen LogP contribution < -0.4 is 4.72 Å². The average Bonchev–Trinajstić information content (AvgIpc) is 3.40. The minimum Gasteiger partial charge on any atom is -0.279 e. The summed E-state index contributed by atoms with van der Waals surface area (Å²) in [5, 5.41) is 14.6. The van der Waals surface area contributed by atoms with Gasteiger partial charge in [-0.1, -0.05) is 72.3 Å². The predicted molar refractivity (Wildman–Crippen MR) is 133 cm³/mol. The number of aromatic amines is 1. The van der Waals surface area contributed by atoms with Gasteiger partial charge in [-0.25, -0.2) is 8.42 Å². The number of rotatable bonds is 6. The molecule has 0 saturated carbocycles. The van der Waals surface area contributed by atoms with Crippen LogP contribution in [0.2, 0.25) is 5.02 Å². The minimum atomic E-state index is -3.89. The molecule has 1 heterocycles. The standard InChI is InChI=1S/C25H18ClN5O2S/c26-21-11-6-19(7-12-21)20-10-15-23(25-27-30-31-28-25)24(16-20)29-34(32,33)22-13-8-18(9-14-22)17-4-2-1-3-5-17/h1-16,29H,(H,27,28,30,31). The average molecular weight is 488 g/mol. The van der Waals surface area contributed by atoms with Crippen LogP contribution in [0.4, 0.5) is 5.69 Å². The molecule has 0 unspecified atom stereocenters. The van der Waals surface area contributed by atoms with Gasteiger partial charge in [-0.05, 0) is 63.9 Å². The quantitative estimate of drug-likeness (QED) is 0.322. The lowest BCUT2D eigenvalue weighted by molar-refractivity contribution is 0.601. The number of H-pyrrole nitrogens is 1. The van der Waals surface area contributed by atoms with Gasteiger partial charge < -0.3 is 0 Å². The first kappa shape index (κ1) is 21.8. The van der Waals surface area contributed by atoms with Crippen molar-refractivity contribution in [3.8, 4) is 33.6 Å². The number of aromatic nitrogens is 4. The van der Waals surface area contributed by atoms with E-state index in [9.17, 15) is 8.42 Å². The van der Waals surface area contributed by atoms with Crippen LogP contribution in [0.25, 0.3) is 33.6 Å². The fraction of sp³-hybridized carbons (Fsp3) is 0. The maximum atomic E-state index is 13.3. The maximum Gasteiger partial charge on any atom is 0.261 e. The number of tetrazole rings is 1. The second-order valence-electron chi connectivity index (χ2n) is 7.50. The fourth-order valence-electron chi connectivity index (χ4n) is 3.58. The Morgan fingerprint density at radius 1 is 0.735 bits per heavy atom. The zero-order chi connectivity index (χ0) is 23.5. The van der Waals surface area contributed by atoms with Gasteiger partial charge in [-0.3, -0.25) is 4.72 Å². The van der Waals surface area contributed by atoms with Crippen LogP contribution in [0.15, 0.2) is 102 Å². The molecule has 0 aliphatic rings. The molecule has 0 aliphatic carbocycles. The molecule has 9 heteroatoms. The maximum absolute atomic E-state index is 13.3. The zero-order valence-corrected chi connectivity index (χ0v) is 19.3. The molecule has 168 valence electrons. The topological polar surface area (TPSA) is 101 Å². The van der Waals surface area contributed by atoms with Crippen molar-refractivity contribution < 1.29 is 8.42 Å². The first-order chi connectivity index (χ1) is 16.5. The lowest BCUT2D eigenvalue weighted by Crippen LogP contribution is -2.14. The summed E-state index contributed by atoms with van der Waals surface area (Å²) in [5.41, 5.74) is 4.46. The van der Waals surface area contributed by atoms with Crippen LogP contribution in [-0.2, 0) is 10.0 Å². The largest absolute Gasteiger partial charge is 0.279 e. The lowest BCUT2D eigenvalue weighted by Gasteiger charge is -2.13. The van der Waals surface area contributed by atoms with Crippen LogP contribution in [0, 0.1) is 0 Å². The number of hydrogen-bond acceptors (Lipinski definition) is 5. The Morgan fingerprint density at radius 2 is 1.35 bits per heavy atom. The van der Waals surface area contributed by atoms with E-state index in [0.29, 0.717) is 16.3 Å². The van der Waals surface area contributed by atoms with Crippen molar-refractivity contribution in [2.45, 2.75) is 4.90 Å². The number of nitrogens with one attached hydrogen (secondary N) is 2. The second-order valence-corrected chi connectivity index (χ2v) is 9.62. The van der Waals surface area contributed by atoms with Crippen LogP contribution in [0.1, 0.15) is 0 Å². The Kier molecular flexibility index (Phi) is 5.83. The van der Waals surface area contributed by atoms with Gasteiger partial charge in [0, 0.05) is 10.6 Å². The van der Waals surface area contributed by atoms with E-state index < -0.39 is 10.0 Å². The molecule has 0 radical (unpaired) electrons. The summed E-state index contributed by atoms with van der Waals surface area (Å²) in [6.07, 6.45) is 0. The summed E-state index contributed by atoms with van der Waals surface area (Å²) in [7, 11) is -3.89. The van der Waals surface area contributed by atoms with Gasteiger partial charge in [0.15, 0.2) is 0 Å². The first-order valence-electron chi connectivity index (χ1n) is 10.3. The smallest absolute Gasteiger partial charge is 0.261 e. The zero-order valence-electron chi connectivity index (χ0n) is 17.7. The molecule has 0 spiro atoms. The highest BCUT2D eigenvalue weighted by Gasteiger charge is 2.19. The molecule has 4 aromatic carbocycles. The van der Waals surface area contributed by atoms with Crippen molar-refractivity contribution in [3.05, 3.63) is 102 Å². The molecule has 0 fully saturated rings. The summed E-state index contributed by atoms with van der Waals surface area (Å²) in [5.74, 6) is 0.278. The van der Waals surface area contributed by atoms with E-state index in [4.69, 9.17) is 11.6 Å². The molecule has 5 rings (SSSR count). The lowest BCUT2D eigenvalue weighted by atomic mass is 10.0. The molecule has 1 aromatic heterocycles. The number of benzene rings is 4. The summed E-state index contributed by atoms with van der Waals surface area (Å²) in [6.45, 7) is 0. The predicted octanol–water partition coefficient (Wildman–Crippen LogP) is 5.65. The molecular formula is C25H18ClN5O2S. The van der Waals surface area contributed by atoms with Gasteiger partial charge in [0.1, 0.15) is 0 Å². The van der Waals surface area contributed by atoms with Gasteiger partial charge in [0.2, 0.25) is 5.82 Å². The third-order valence-corrected chi connectivity index (χ3v) is 6.93. The highest BCUT2D eigenvalue weighted by molar-refractivity contribution is 7.92. The summed E-state index contributed by atoms with van der Waals surface area (Å²) in [4.78, 5) is 0.142. The Balaban J connectivity index is 1.51. The molecule has 0 saturated heterocycles. The van der Waals surface area contributed by atoms with Crippen molar-refractivity contribution in [3.63, 3.8) is 0 Å². The minimum absolute atomic E-state index is 0.142. The highest BCUT2D eigenvalue weighted by atomic mass is 35.5. The number of anilines is 1. The van der Waals surface area contributed by atoms with E-state index in [0.717, 1.165) is 22.3 Å². The van der Waals surface area contributed by atoms with Gasteiger partial charge in [-0.15, -0.1) is 10.2 Å². The van der Waals surface area contributed by atoms with Gasteiger partial charge in [0.05, 0.1) is 10.6 Å². The Labute approximate surface area is 201 Å². The van der Waals surface area contributed by atoms with E-state index in [1.807, 2.05) is 48.5 Å². The number of sulfonamides is 1. The fourth-order valence-corrected chi connectivity index (χ4v) is 4.78. The van der Waals surface area contributed by atoms with Crippen molar-refractivity contribution in [1.82, 2.24) is 20.6 Å². The van der Waals surface area contributed by atoms with Crippen molar-refractivity contribution in [2.24, 2.45) is 0 Å². The highest BCUT2D eigenvalue weighted by Crippen LogP contribution is 2.33. The molecular weight excluding hydrogens is 470 g/mol. The number of nitrogens with zero attached hydrogens (tertiary/aromatic N) is 3. The molecule has 7 nitrogen and oxygen atoms in total. The molecule has 0 amide bonds. The van der Waals surface area contributed by atoms with Gasteiger partial charge >= 0.3 is 0 Å². The summed E-state index contributed by atoms with van der Waals surface area (Å²) in [6, 6.07) is 29.2. The van der Waals surface area contributed by atoms with Crippen LogP contribution in [-0.4, -0.2) is 29.0 Å². The number of halogens is 1. The molecule has 0 aliphatic heterocycles. The molecule has 2 N–H and O–H groups in total. The third-order valence-electron chi connectivity index (χ3n) is 5.30. The Morgan fingerprint density at radius 3 is 2.03 bits per heavy atom.